The van der Waals surface area contributed by atoms with E-state index in [0.29, 0.717) is 31.5 Å². The highest BCUT2D eigenvalue weighted by atomic mass is 32.1. The molecular weight excluding hydrogens is 377 g/mol. The predicted molar refractivity (Wildman–Crippen MR) is 106 cm³/mol. The first-order chi connectivity index (χ1) is 13.7. The van der Waals surface area contributed by atoms with Crippen LogP contribution in [0.3, 0.4) is 0 Å². The molecule has 2 bridgehead atoms. The van der Waals surface area contributed by atoms with Crippen molar-refractivity contribution in [3.05, 3.63) is 40.4 Å². The fraction of sp³-hybridized carbons (Fsp3) is 0.550. The summed E-state index contributed by atoms with van der Waals surface area (Å²) in [5, 5.41) is 4.66. The van der Waals surface area contributed by atoms with Crippen LogP contribution >= 0.6 is 11.3 Å². The number of thiazole rings is 1. The number of halogens is 1. The summed E-state index contributed by atoms with van der Waals surface area (Å²) in [7, 11) is 0. The van der Waals surface area contributed by atoms with E-state index < -0.39 is 5.95 Å². The number of nitrogens with one attached hydrogen (secondary N) is 1. The van der Waals surface area contributed by atoms with Crippen LogP contribution in [-0.2, 0) is 24.2 Å². The molecule has 5 rings (SSSR count). The summed E-state index contributed by atoms with van der Waals surface area (Å²) in [5.74, 6) is -0.343. The lowest BCUT2D eigenvalue weighted by molar-refractivity contribution is -0.132. The first-order valence-electron chi connectivity index (χ1n) is 10.0. The molecule has 0 aliphatic carbocycles. The van der Waals surface area contributed by atoms with Crippen LogP contribution < -0.4 is 10.2 Å². The number of pyridine rings is 1. The van der Waals surface area contributed by atoms with Gasteiger partial charge in [0, 0.05) is 55.6 Å². The van der Waals surface area contributed by atoms with E-state index in [1.54, 1.807) is 17.4 Å². The molecule has 3 aliphatic heterocycles. The number of fused-ring (bicyclic) bond motifs is 3. The first-order valence-corrected chi connectivity index (χ1v) is 10.8. The van der Waals surface area contributed by atoms with E-state index in [1.807, 2.05) is 4.90 Å². The molecule has 5 heterocycles. The number of carbonyl (C=O) groups excluding carboxylic acids is 1. The number of hydrogen-bond donors (Lipinski definition) is 1. The lowest BCUT2D eigenvalue weighted by Crippen LogP contribution is -2.51. The zero-order valence-corrected chi connectivity index (χ0v) is 16.6. The topological polar surface area (TPSA) is 61.4 Å². The van der Waals surface area contributed by atoms with Gasteiger partial charge >= 0.3 is 0 Å². The number of piperazine rings is 1. The average Bonchev–Trinajstić information content (AvgIpc) is 3.23. The fourth-order valence-electron chi connectivity index (χ4n) is 4.56. The summed E-state index contributed by atoms with van der Waals surface area (Å²) < 4.78 is 12.9. The molecular formula is C20H24FN5OS. The molecule has 2 aromatic heterocycles. The van der Waals surface area contributed by atoms with Crippen molar-refractivity contribution in [3.63, 3.8) is 0 Å². The molecule has 2 atom stereocenters. The number of aromatic nitrogens is 2. The highest BCUT2D eigenvalue weighted by molar-refractivity contribution is 7.15. The van der Waals surface area contributed by atoms with Gasteiger partial charge in [-0.1, -0.05) is 17.4 Å². The van der Waals surface area contributed by atoms with E-state index in [-0.39, 0.29) is 5.91 Å². The van der Waals surface area contributed by atoms with Crippen LogP contribution in [0.15, 0.2) is 18.3 Å². The Bertz CT molecular complexity index is 854. The number of carbonyl (C=O) groups is 1. The van der Waals surface area contributed by atoms with Gasteiger partial charge in [0.05, 0.1) is 12.2 Å². The van der Waals surface area contributed by atoms with Crippen LogP contribution in [0.4, 0.5) is 9.52 Å². The highest BCUT2D eigenvalue weighted by Gasteiger charge is 2.39. The van der Waals surface area contributed by atoms with Crippen molar-refractivity contribution >= 4 is 22.4 Å². The molecule has 6 nitrogen and oxygen atoms in total. The lowest BCUT2D eigenvalue weighted by atomic mass is 10.1. The Morgan fingerprint density at radius 3 is 2.86 bits per heavy atom. The van der Waals surface area contributed by atoms with Crippen LogP contribution in [0.2, 0.25) is 0 Å². The van der Waals surface area contributed by atoms with Crippen molar-refractivity contribution in [2.75, 3.05) is 24.5 Å². The third-order valence-corrected chi connectivity index (χ3v) is 7.19. The summed E-state index contributed by atoms with van der Waals surface area (Å²) in [6.07, 6.45) is 5.84. The van der Waals surface area contributed by atoms with Gasteiger partial charge in [-0.15, -0.1) is 0 Å². The van der Waals surface area contributed by atoms with Gasteiger partial charge in [0.1, 0.15) is 0 Å². The third kappa shape index (κ3) is 3.39. The summed E-state index contributed by atoms with van der Waals surface area (Å²) >= 11 is 1.77. The molecule has 148 valence electrons. The molecule has 1 N–H and O–H groups in total. The van der Waals surface area contributed by atoms with Crippen molar-refractivity contribution in [1.82, 2.24) is 20.2 Å². The van der Waals surface area contributed by atoms with Gasteiger partial charge in [0.2, 0.25) is 11.9 Å². The maximum atomic E-state index is 12.9. The molecule has 2 aromatic rings. The second-order valence-corrected chi connectivity index (χ2v) is 8.93. The average molecular weight is 402 g/mol. The first kappa shape index (κ1) is 18.0. The van der Waals surface area contributed by atoms with E-state index in [2.05, 4.69) is 15.2 Å². The third-order valence-electron chi connectivity index (χ3n) is 6.09. The molecule has 2 saturated heterocycles. The van der Waals surface area contributed by atoms with Crippen LogP contribution in [0.1, 0.15) is 35.4 Å². The molecule has 2 unspecified atom stereocenters. The Morgan fingerprint density at radius 1 is 1.29 bits per heavy atom. The van der Waals surface area contributed by atoms with Crippen molar-refractivity contribution < 1.29 is 9.18 Å². The van der Waals surface area contributed by atoms with Crippen molar-refractivity contribution in [2.24, 2.45) is 0 Å². The Labute approximate surface area is 167 Å². The zero-order chi connectivity index (χ0) is 19.1. The minimum absolute atomic E-state index is 0.146. The molecule has 1 amide bonds. The van der Waals surface area contributed by atoms with Gasteiger partial charge in [0.15, 0.2) is 5.13 Å². The quantitative estimate of drug-likeness (QED) is 0.796. The van der Waals surface area contributed by atoms with Gasteiger partial charge in [-0.3, -0.25) is 4.79 Å². The molecule has 0 saturated carbocycles. The van der Waals surface area contributed by atoms with Gasteiger partial charge in [-0.25, -0.2) is 9.97 Å². The van der Waals surface area contributed by atoms with E-state index in [9.17, 15) is 9.18 Å². The number of aryl methyl sites for hydroxylation is 1. The van der Waals surface area contributed by atoms with Gasteiger partial charge < -0.3 is 15.1 Å². The van der Waals surface area contributed by atoms with Crippen LogP contribution in [0.5, 0.6) is 0 Å². The molecule has 0 aromatic carbocycles. The molecule has 3 aliphatic rings. The molecule has 0 radical (unpaired) electrons. The van der Waals surface area contributed by atoms with Crippen molar-refractivity contribution in [3.8, 4) is 0 Å². The number of hydrogen-bond acceptors (Lipinski definition) is 6. The van der Waals surface area contributed by atoms with Gasteiger partial charge in [-0.2, -0.15) is 4.39 Å². The summed E-state index contributed by atoms with van der Waals surface area (Å²) in [4.78, 5) is 27.0. The van der Waals surface area contributed by atoms with Crippen LogP contribution in [0.25, 0.3) is 0 Å². The monoisotopic (exact) mass is 401 g/mol. The Kier molecular flexibility index (Phi) is 4.76. The number of anilines is 1. The zero-order valence-electron chi connectivity index (χ0n) is 15.7. The minimum Gasteiger partial charge on any atom is -0.340 e. The number of amides is 1. The maximum Gasteiger partial charge on any atom is 0.223 e. The standard InChI is InChI=1S/C20H24FN5OS/c21-18-5-1-13(9-23-18)2-6-19(27)25-8-7-16-17(12-25)28-20(24-16)26-14-3-4-15(26)11-22-10-14/h1,5,9,14-15,22H,2-4,6-8,10-12H2. The summed E-state index contributed by atoms with van der Waals surface area (Å²) in [6.45, 7) is 3.48. The largest absolute Gasteiger partial charge is 0.340 e. The molecule has 2 fully saturated rings. The molecule has 28 heavy (non-hydrogen) atoms. The predicted octanol–water partition coefficient (Wildman–Crippen LogP) is 2.14. The lowest BCUT2D eigenvalue weighted by Gasteiger charge is -2.35. The highest BCUT2D eigenvalue weighted by Crippen LogP contribution is 2.38. The second-order valence-electron chi connectivity index (χ2n) is 7.87. The maximum absolute atomic E-state index is 12.9. The van der Waals surface area contributed by atoms with E-state index in [1.165, 1.54) is 35.7 Å². The molecule has 0 spiro atoms. The fourth-order valence-corrected chi connectivity index (χ4v) is 5.83. The normalized spacial score (nSPS) is 23.8. The van der Waals surface area contributed by atoms with Crippen LogP contribution in [0, 0.1) is 5.95 Å². The van der Waals surface area contributed by atoms with Gasteiger partial charge in [0.25, 0.3) is 0 Å². The summed E-state index contributed by atoms with van der Waals surface area (Å²) in [5.41, 5.74) is 2.06. The number of rotatable bonds is 4. The number of nitrogens with zero attached hydrogens (tertiary/aromatic N) is 4. The van der Waals surface area contributed by atoms with Crippen molar-refractivity contribution in [1.29, 1.82) is 0 Å². The van der Waals surface area contributed by atoms with Crippen molar-refractivity contribution in [2.45, 2.75) is 50.7 Å². The Morgan fingerprint density at radius 2 is 2.11 bits per heavy atom. The molecule has 8 heteroatoms. The van der Waals surface area contributed by atoms with E-state index in [0.717, 1.165) is 36.8 Å². The Balaban J connectivity index is 1.23. The second kappa shape index (κ2) is 7.40. The van der Waals surface area contributed by atoms with E-state index in [4.69, 9.17) is 4.98 Å². The van der Waals surface area contributed by atoms with E-state index >= 15 is 0 Å². The smallest absolute Gasteiger partial charge is 0.223 e. The summed E-state index contributed by atoms with van der Waals surface area (Å²) in [6, 6.07) is 4.16. The SMILES string of the molecule is O=C(CCc1ccc(F)nc1)N1CCc2nc(N3C4CCC3CNC4)sc2C1. The van der Waals surface area contributed by atoms with Crippen LogP contribution in [-0.4, -0.2) is 52.5 Å². The minimum atomic E-state index is -0.488. The Hall–Kier alpha value is -2.06. The van der Waals surface area contributed by atoms with Gasteiger partial charge in [-0.05, 0) is 30.9 Å².